The SMILES string of the molecule is Cc1ccc2c(OCC[N+]3(Oc4cccc(NS(C)(=O)=O)c4)CCCCC3)cccc2n1. The topological polar surface area (TPSA) is 77.5 Å². The van der Waals surface area contributed by atoms with E-state index in [2.05, 4.69) is 15.8 Å². The number of pyridine rings is 1. The molecule has 0 amide bonds. The third-order valence-electron chi connectivity index (χ3n) is 5.66. The van der Waals surface area contributed by atoms with Gasteiger partial charge in [-0.1, -0.05) is 12.1 Å². The number of sulfonamides is 1. The smallest absolute Gasteiger partial charge is 0.229 e. The van der Waals surface area contributed by atoms with Crippen LogP contribution in [0.2, 0.25) is 0 Å². The van der Waals surface area contributed by atoms with Gasteiger partial charge in [0.25, 0.3) is 0 Å². The number of rotatable bonds is 8. The van der Waals surface area contributed by atoms with E-state index >= 15 is 0 Å². The van der Waals surface area contributed by atoms with Gasteiger partial charge in [0, 0.05) is 30.0 Å². The van der Waals surface area contributed by atoms with E-state index < -0.39 is 10.0 Å². The van der Waals surface area contributed by atoms with Crippen molar-refractivity contribution in [3.05, 3.63) is 60.3 Å². The average Bonchev–Trinajstić information content (AvgIpc) is 2.73. The Morgan fingerprint density at radius 3 is 2.59 bits per heavy atom. The summed E-state index contributed by atoms with van der Waals surface area (Å²) in [5, 5.41) is 1.00. The second-order valence-corrected chi connectivity index (χ2v) is 10.2. The number of ether oxygens (including phenoxy) is 1. The number of aromatic nitrogens is 1. The highest BCUT2D eigenvalue weighted by Gasteiger charge is 2.33. The minimum absolute atomic E-state index is 0.463. The van der Waals surface area contributed by atoms with E-state index in [1.807, 2.05) is 37.3 Å². The Balaban J connectivity index is 1.48. The first-order chi connectivity index (χ1) is 15.3. The van der Waals surface area contributed by atoms with Crippen LogP contribution in [-0.2, 0) is 10.0 Å². The van der Waals surface area contributed by atoms with Gasteiger partial charge in [0.1, 0.15) is 25.4 Å². The summed E-state index contributed by atoms with van der Waals surface area (Å²) in [6, 6.07) is 17.1. The van der Waals surface area contributed by atoms with Crippen molar-refractivity contribution >= 4 is 26.6 Å². The number of fused-ring (bicyclic) bond motifs is 1. The fourth-order valence-electron chi connectivity index (χ4n) is 4.18. The highest BCUT2D eigenvalue weighted by Crippen LogP contribution is 2.27. The first kappa shape index (κ1) is 22.4. The van der Waals surface area contributed by atoms with Crippen molar-refractivity contribution in [2.75, 3.05) is 37.2 Å². The number of anilines is 1. The number of likely N-dealkylation sites (tertiary alicyclic amines) is 1. The van der Waals surface area contributed by atoms with Crippen LogP contribution in [0.3, 0.4) is 0 Å². The van der Waals surface area contributed by atoms with Gasteiger partial charge in [0.05, 0.1) is 17.5 Å². The lowest BCUT2D eigenvalue weighted by Gasteiger charge is -2.38. The quantitative estimate of drug-likeness (QED) is 0.512. The normalized spacial score (nSPS) is 15.9. The molecule has 4 rings (SSSR count). The summed E-state index contributed by atoms with van der Waals surface area (Å²) < 4.78 is 32.3. The molecule has 8 heteroatoms. The number of hydrogen-bond acceptors (Lipinski definition) is 5. The molecule has 1 aromatic heterocycles. The van der Waals surface area contributed by atoms with E-state index in [0.29, 0.717) is 29.2 Å². The molecular weight excluding hydrogens is 426 g/mol. The maximum absolute atomic E-state index is 11.6. The fourth-order valence-corrected chi connectivity index (χ4v) is 4.73. The van der Waals surface area contributed by atoms with Crippen molar-refractivity contribution in [3.63, 3.8) is 0 Å². The predicted octanol–water partition coefficient (Wildman–Crippen LogP) is 4.29. The van der Waals surface area contributed by atoms with Crippen molar-refractivity contribution in [2.45, 2.75) is 26.2 Å². The summed E-state index contributed by atoms with van der Waals surface area (Å²) in [6.45, 7) is 4.97. The molecular formula is C24H30N3O4S+. The molecule has 1 fully saturated rings. The molecule has 0 atom stereocenters. The van der Waals surface area contributed by atoms with E-state index in [9.17, 15) is 8.42 Å². The molecule has 1 aliphatic rings. The standard InChI is InChI=1S/C24H30N3O4S/c1-19-12-13-22-23(25-19)10-7-11-24(22)30-17-16-27(14-4-3-5-15-27)31-21-9-6-8-20(18-21)26-32(2,28)29/h6-13,18,26H,3-5,14-17H2,1-2H3/q+1. The maximum Gasteiger partial charge on any atom is 0.229 e. The van der Waals surface area contributed by atoms with Crippen LogP contribution >= 0.6 is 0 Å². The molecule has 7 nitrogen and oxygen atoms in total. The zero-order valence-electron chi connectivity index (χ0n) is 18.6. The third kappa shape index (κ3) is 5.69. The van der Waals surface area contributed by atoms with Crippen LogP contribution in [0, 0.1) is 6.92 Å². The van der Waals surface area contributed by atoms with Crippen molar-refractivity contribution in [2.24, 2.45) is 0 Å². The first-order valence-corrected chi connectivity index (χ1v) is 12.8. The Morgan fingerprint density at radius 1 is 1.03 bits per heavy atom. The predicted molar refractivity (Wildman–Crippen MR) is 126 cm³/mol. The maximum atomic E-state index is 11.6. The van der Waals surface area contributed by atoms with Crippen molar-refractivity contribution < 1.29 is 22.6 Å². The molecule has 170 valence electrons. The van der Waals surface area contributed by atoms with Crippen LogP contribution in [0.25, 0.3) is 10.9 Å². The summed E-state index contributed by atoms with van der Waals surface area (Å²) in [7, 11) is -3.34. The lowest BCUT2D eigenvalue weighted by Crippen LogP contribution is -2.56. The van der Waals surface area contributed by atoms with E-state index in [4.69, 9.17) is 9.57 Å². The molecule has 1 N–H and O–H groups in total. The lowest BCUT2D eigenvalue weighted by molar-refractivity contribution is -1.08. The van der Waals surface area contributed by atoms with Crippen molar-refractivity contribution in [1.29, 1.82) is 0 Å². The van der Waals surface area contributed by atoms with Gasteiger partial charge < -0.3 is 9.57 Å². The third-order valence-corrected chi connectivity index (χ3v) is 6.26. The van der Waals surface area contributed by atoms with Gasteiger partial charge in [0.15, 0.2) is 12.3 Å². The molecule has 0 spiro atoms. The zero-order valence-corrected chi connectivity index (χ0v) is 19.4. The molecule has 2 aromatic carbocycles. The number of hydrogen-bond donors (Lipinski definition) is 1. The van der Waals surface area contributed by atoms with Crippen molar-refractivity contribution in [1.82, 2.24) is 4.98 Å². The molecule has 3 aromatic rings. The number of benzene rings is 2. The second-order valence-electron chi connectivity index (χ2n) is 8.41. The molecule has 1 aliphatic heterocycles. The van der Waals surface area contributed by atoms with Crippen LogP contribution in [-0.4, -0.2) is 50.5 Å². The second kappa shape index (κ2) is 9.34. The van der Waals surface area contributed by atoms with E-state index in [0.717, 1.165) is 54.5 Å². The van der Waals surface area contributed by atoms with Crippen LogP contribution in [0.5, 0.6) is 11.5 Å². The Kier molecular flexibility index (Phi) is 6.53. The van der Waals surface area contributed by atoms with Gasteiger partial charge >= 0.3 is 0 Å². The van der Waals surface area contributed by atoms with Crippen LogP contribution < -0.4 is 14.3 Å². The average molecular weight is 457 g/mol. The fraction of sp³-hybridized carbons (Fsp3) is 0.375. The molecule has 2 heterocycles. The van der Waals surface area contributed by atoms with Gasteiger partial charge in [-0.25, -0.2) is 8.42 Å². The molecule has 0 aliphatic carbocycles. The van der Waals surface area contributed by atoms with Gasteiger partial charge in [-0.05, 0) is 49.7 Å². The molecule has 32 heavy (non-hydrogen) atoms. The summed E-state index contributed by atoms with van der Waals surface area (Å²) in [5.74, 6) is 1.47. The number of aryl methyl sites for hydroxylation is 1. The number of hydroxylamine groups is 3. The van der Waals surface area contributed by atoms with Gasteiger partial charge in [-0.3, -0.25) is 9.71 Å². The molecule has 0 saturated carbocycles. The highest BCUT2D eigenvalue weighted by molar-refractivity contribution is 7.92. The van der Waals surface area contributed by atoms with E-state index in [1.165, 1.54) is 6.42 Å². The number of piperidine rings is 1. The highest BCUT2D eigenvalue weighted by atomic mass is 32.2. The summed E-state index contributed by atoms with van der Waals surface area (Å²) >= 11 is 0. The first-order valence-electron chi connectivity index (χ1n) is 10.9. The summed E-state index contributed by atoms with van der Waals surface area (Å²) in [4.78, 5) is 11.0. The lowest BCUT2D eigenvalue weighted by atomic mass is 10.1. The van der Waals surface area contributed by atoms with Gasteiger partial charge in [-0.15, -0.1) is 4.65 Å². The van der Waals surface area contributed by atoms with Crippen LogP contribution in [0.1, 0.15) is 25.0 Å². The number of nitrogens with one attached hydrogen (secondary N) is 1. The van der Waals surface area contributed by atoms with E-state index in [1.54, 1.807) is 18.2 Å². The Hall–Kier alpha value is -2.84. The van der Waals surface area contributed by atoms with Gasteiger partial charge in [0.2, 0.25) is 10.0 Å². The van der Waals surface area contributed by atoms with Crippen LogP contribution in [0.4, 0.5) is 5.69 Å². The monoisotopic (exact) mass is 456 g/mol. The summed E-state index contributed by atoms with van der Waals surface area (Å²) in [6.07, 6.45) is 4.49. The Labute approximate surface area is 189 Å². The van der Waals surface area contributed by atoms with Crippen molar-refractivity contribution in [3.8, 4) is 11.5 Å². The minimum Gasteiger partial charge on any atom is -0.487 e. The zero-order chi connectivity index (χ0) is 22.6. The number of nitrogens with zero attached hydrogens (tertiary/aromatic N) is 2. The number of quaternary nitrogens is 1. The van der Waals surface area contributed by atoms with Gasteiger partial charge in [-0.2, -0.15) is 0 Å². The largest absolute Gasteiger partial charge is 0.487 e. The molecule has 0 radical (unpaired) electrons. The Bertz CT molecular complexity index is 1190. The van der Waals surface area contributed by atoms with E-state index in [-0.39, 0.29) is 0 Å². The molecule has 0 bridgehead atoms. The Morgan fingerprint density at radius 2 is 1.81 bits per heavy atom. The summed E-state index contributed by atoms with van der Waals surface area (Å²) in [5.41, 5.74) is 2.40. The minimum atomic E-state index is -3.34. The molecule has 0 unspecified atom stereocenters. The molecule has 1 saturated heterocycles. The van der Waals surface area contributed by atoms with Crippen LogP contribution in [0.15, 0.2) is 54.6 Å².